The van der Waals surface area contributed by atoms with Crippen LogP contribution < -0.4 is 0 Å². The lowest BCUT2D eigenvalue weighted by molar-refractivity contribution is -0.157. The minimum atomic E-state index is -0.709. The monoisotopic (exact) mass is 374 g/mol. The molecule has 10 nitrogen and oxygen atoms in total. The third-order valence-corrected chi connectivity index (χ3v) is 2.35. The van der Waals surface area contributed by atoms with Crippen molar-refractivity contribution in [1.82, 2.24) is 0 Å². The van der Waals surface area contributed by atoms with Crippen molar-refractivity contribution in [2.75, 3.05) is 52.9 Å². The Labute approximate surface area is 150 Å². The van der Waals surface area contributed by atoms with Crippen LogP contribution in [0, 0.1) is 0 Å². The predicted octanol–water partition coefficient (Wildman–Crippen LogP) is -0.436. The van der Waals surface area contributed by atoms with Crippen LogP contribution in [0.2, 0.25) is 0 Å². The molecular weight excluding hydrogens is 352 g/mol. The maximum absolute atomic E-state index is 11.1. The van der Waals surface area contributed by atoms with Crippen LogP contribution >= 0.6 is 0 Å². The molecule has 26 heavy (non-hydrogen) atoms. The van der Waals surface area contributed by atoms with Crippen molar-refractivity contribution in [3.05, 3.63) is 25.3 Å². The van der Waals surface area contributed by atoms with Crippen molar-refractivity contribution in [2.45, 2.75) is 0 Å². The zero-order chi connectivity index (χ0) is 19.6. The maximum atomic E-state index is 11.1. The number of carbonyl (C=O) groups is 4. The molecule has 0 aliphatic carbocycles. The van der Waals surface area contributed by atoms with Crippen LogP contribution in [0.5, 0.6) is 0 Å². The Morgan fingerprint density at radius 2 is 0.923 bits per heavy atom. The highest BCUT2D eigenvalue weighted by molar-refractivity contribution is 5.84. The van der Waals surface area contributed by atoms with Crippen LogP contribution in [-0.2, 0) is 47.6 Å². The minimum absolute atomic E-state index is 0.00547. The molecule has 0 N–H and O–H groups in total. The van der Waals surface area contributed by atoms with Gasteiger partial charge < -0.3 is 28.4 Å². The molecule has 10 heteroatoms. The summed E-state index contributed by atoms with van der Waals surface area (Å²) in [6.07, 6.45) is 1.88. The SMILES string of the molecule is C=CC(=O)OCC(=O)OCCOCCOCCOC(=O)COC(=O)C=C. The smallest absolute Gasteiger partial charge is 0.344 e. The summed E-state index contributed by atoms with van der Waals surface area (Å²) >= 11 is 0. The van der Waals surface area contributed by atoms with E-state index in [9.17, 15) is 19.2 Å². The fourth-order valence-corrected chi connectivity index (χ4v) is 1.21. The van der Waals surface area contributed by atoms with Gasteiger partial charge in [-0.3, -0.25) is 0 Å². The van der Waals surface area contributed by atoms with Gasteiger partial charge in [-0.25, -0.2) is 19.2 Å². The van der Waals surface area contributed by atoms with Gasteiger partial charge in [0.2, 0.25) is 0 Å². The molecular formula is C16H22O10. The Bertz CT molecular complexity index is 441. The van der Waals surface area contributed by atoms with Gasteiger partial charge in [-0.2, -0.15) is 0 Å². The number of rotatable bonds is 15. The Hall–Kier alpha value is -2.72. The maximum Gasteiger partial charge on any atom is 0.344 e. The van der Waals surface area contributed by atoms with Crippen molar-refractivity contribution in [1.29, 1.82) is 0 Å². The van der Waals surface area contributed by atoms with Crippen molar-refractivity contribution < 1.29 is 47.6 Å². The normalized spacial score (nSPS) is 9.69. The van der Waals surface area contributed by atoms with E-state index in [1.807, 2.05) is 0 Å². The number of hydrogen-bond donors (Lipinski definition) is 0. The predicted molar refractivity (Wildman–Crippen MR) is 85.9 cm³/mol. The zero-order valence-electron chi connectivity index (χ0n) is 14.3. The van der Waals surface area contributed by atoms with E-state index in [4.69, 9.17) is 18.9 Å². The molecule has 0 radical (unpaired) electrons. The van der Waals surface area contributed by atoms with E-state index in [2.05, 4.69) is 22.6 Å². The average molecular weight is 374 g/mol. The van der Waals surface area contributed by atoms with E-state index in [0.29, 0.717) is 0 Å². The molecule has 146 valence electrons. The van der Waals surface area contributed by atoms with Crippen molar-refractivity contribution in [3.8, 4) is 0 Å². The Balaban J connectivity index is 3.36. The molecule has 0 heterocycles. The fourth-order valence-electron chi connectivity index (χ4n) is 1.21. The van der Waals surface area contributed by atoms with Gasteiger partial charge in [-0.05, 0) is 0 Å². The molecule has 0 fully saturated rings. The van der Waals surface area contributed by atoms with Gasteiger partial charge in [0.15, 0.2) is 13.2 Å². The lowest BCUT2D eigenvalue weighted by Gasteiger charge is -2.08. The van der Waals surface area contributed by atoms with Gasteiger partial charge in [0.25, 0.3) is 0 Å². The minimum Gasteiger partial charge on any atom is -0.461 e. The third kappa shape index (κ3) is 14.8. The van der Waals surface area contributed by atoms with Crippen LogP contribution in [-0.4, -0.2) is 76.7 Å². The highest BCUT2D eigenvalue weighted by Crippen LogP contribution is 1.87. The van der Waals surface area contributed by atoms with E-state index in [1.165, 1.54) is 0 Å². The van der Waals surface area contributed by atoms with Crippen LogP contribution in [0.4, 0.5) is 0 Å². The van der Waals surface area contributed by atoms with Gasteiger partial charge in [0.1, 0.15) is 13.2 Å². The second-order valence-corrected chi connectivity index (χ2v) is 4.29. The van der Waals surface area contributed by atoms with Gasteiger partial charge in [-0.1, -0.05) is 13.2 Å². The standard InChI is InChI=1S/C16H22O10/c1-3-13(17)25-11-15(19)23-9-7-21-5-6-22-8-10-24-16(20)12-26-14(18)4-2/h3-4H,1-2,5-12H2. The first-order valence-electron chi connectivity index (χ1n) is 7.54. The molecule has 0 aromatic rings. The molecule has 0 saturated carbocycles. The van der Waals surface area contributed by atoms with Crippen LogP contribution in [0.1, 0.15) is 0 Å². The van der Waals surface area contributed by atoms with E-state index in [1.54, 1.807) is 0 Å². The van der Waals surface area contributed by atoms with Crippen LogP contribution in [0.15, 0.2) is 25.3 Å². The Morgan fingerprint density at radius 1 is 0.577 bits per heavy atom. The lowest BCUT2D eigenvalue weighted by atomic mass is 10.6. The van der Waals surface area contributed by atoms with Gasteiger partial charge in [0, 0.05) is 12.2 Å². The first-order chi connectivity index (χ1) is 12.5. The van der Waals surface area contributed by atoms with E-state index in [-0.39, 0.29) is 39.6 Å². The third-order valence-electron chi connectivity index (χ3n) is 2.35. The number of hydrogen-bond acceptors (Lipinski definition) is 10. The summed E-state index contributed by atoms with van der Waals surface area (Å²) in [7, 11) is 0. The summed E-state index contributed by atoms with van der Waals surface area (Å²) in [6.45, 7) is 6.19. The van der Waals surface area contributed by atoms with Crippen molar-refractivity contribution in [2.24, 2.45) is 0 Å². The summed E-state index contributed by atoms with van der Waals surface area (Å²) in [5, 5.41) is 0. The van der Waals surface area contributed by atoms with E-state index < -0.39 is 37.1 Å². The number of esters is 4. The molecule has 0 saturated heterocycles. The molecule has 0 atom stereocenters. The highest BCUT2D eigenvalue weighted by atomic mass is 16.6. The number of carbonyl (C=O) groups excluding carboxylic acids is 4. The summed E-state index contributed by atoms with van der Waals surface area (Å²) in [4.78, 5) is 43.7. The van der Waals surface area contributed by atoms with Crippen molar-refractivity contribution >= 4 is 23.9 Å². The fraction of sp³-hybridized carbons (Fsp3) is 0.500. The molecule has 0 amide bonds. The van der Waals surface area contributed by atoms with Crippen molar-refractivity contribution in [3.63, 3.8) is 0 Å². The average Bonchev–Trinajstić information content (AvgIpc) is 2.65. The van der Waals surface area contributed by atoms with E-state index >= 15 is 0 Å². The Kier molecular flexibility index (Phi) is 14.1. The summed E-state index contributed by atoms with van der Waals surface area (Å²) in [6, 6.07) is 0. The second-order valence-electron chi connectivity index (χ2n) is 4.29. The second kappa shape index (κ2) is 15.8. The van der Waals surface area contributed by atoms with Crippen LogP contribution in [0.3, 0.4) is 0 Å². The molecule has 0 rings (SSSR count). The summed E-state index contributed by atoms with van der Waals surface area (Å²) in [5.41, 5.74) is 0. The lowest BCUT2D eigenvalue weighted by Crippen LogP contribution is -2.19. The molecule has 0 aliphatic heterocycles. The molecule has 0 unspecified atom stereocenters. The summed E-state index contributed by atoms with van der Waals surface area (Å²) < 4.78 is 28.7. The Morgan fingerprint density at radius 3 is 1.27 bits per heavy atom. The number of ether oxygens (including phenoxy) is 6. The van der Waals surface area contributed by atoms with Gasteiger partial charge in [-0.15, -0.1) is 0 Å². The van der Waals surface area contributed by atoms with Crippen LogP contribution in [0.25, 0.3) is 0 Å². The molecule has 0 aliphatic rings. The first kappa shape index (κ1) is 23.3. The highest BCUT2D eigenvalue weighted by Gasteiger charge is 2.06. The van der Waals surface area contributed by atoms with Gasteiger partial charge >= 0.3 is 23.9 Å². The molecule has 0 aromatic heterocycles. The first-order valence-corrected chi connectivity index (χ1v) is 7.54. The molecule has 0 aromatic carbocycles. The largest absolute Gasteiger partial charge is 0.461 e. The van der Waals surface area contributed by atoms with Gasteiger partial charge in [0.05, 0.1) is 26.4 Å². The topological polar surface area (TPSA) is 124 Å². The quantitative estimate of drug-likeness (QED) is 0.161. The summed E-state index contributed by atoms with van der Waals surface area (Å²) in [5.74, 6) is -2.81. The zero-order valence-corrected chi connectivity index (χ0v) is 14.3. The molecule has 0 bridgehead atoms. The molecule has 0 spiro atoms. The van der Waals surface area contributed by atoms with E-state index in [0.717, 1.165) is 12.2 Å².